The molecule has 0 amide bonds. The average Bonchev–Trinajstić information content (AvgIpc) is 2.23. The maximum atomic E-state index is 3.61. The van der Waals surface area contributed by atoms with Crippen LogP contribution in [-0.4, -0.2) is 13.1 Å². The van der Waals surface area contributed by atoms with E-state index in [0.29, 0.717) is 0 Å². The molecule has 1 nitrogen and oxygen atoms in total. The van der Waals surface area contributed by atoms with Gasteiger partial charge in [-0.2, -0.15) is 0 Å². The first-order chi connectivity index (χ1) is 7.23. The van der Waals surface area contributed by atoms with Crippen LogP contribution in [0.1, 0.15) is 58.8 Å². The molecule has 1 aliphatic carbocycles. The van der Waals surface area contributed by atoms with Crippen LogP contribution in [0.15, 0.2) is 0 Å². The SMILES string of the molecule is CC(C)CC1CNCCC12CCCCC2. The molecule has 1 heterocycles. The summed E-state index contributed by atoms with van der Waals surface area (Å²) in [5, 5.41) is 3.61. The summed E-state index contributed by atoms with van der Waals surface area (Å²) in [7, 11) is 0. The number of hydrogen-bond acceptors (Lipinski definition) is 1. The van der Waals surface area contributed by atoms with Crippen molar-refractivity contribution in [3.8, 4) is 0 Å². The van der Waals surface area contributed by atoms with Gasteiger partial charge in [-0.1, -0.05) is 33.1 Å². The van der Waals surface area contributed by atoms with Crippen LogP contribution in [0.2, 0.25) is 0 Å². The summed E-state index contributed by atoms with van der Waals surface area (Å²) in [5.74, 6) is 1.83. The standard InChI is InChI=1S/C14H27N/c1-12(2)10-13-11-15-9-8-14(13)6-4-3-5-7-14/h12-13,15H,3-11H2,1-2H3. The van der Waals surface area contributed by atoms with Crippen LogP contribution >= 0.6 is 0 Å². The molecule has 2 aliphatic rings. The van der Waals surface area contributed by atoms with Gasteiger partial charge in [-0.3, -0.25) is 0 Å². The molecular weight excluding hydrogens is 182 g/mol. The summed E-state index contributed by atoms with van der Waals surface area (Å²) in [6, 6.07) is 0. The predicted octanol–water partition coefficient (Wildman–Crippen LogP) is 3.59. The lowest BCUT2D eigenvalue weighted by molar-refractivity contribution is 0.0462. The van der Waals surface area contributed by atoms with E-state index in [9.17, 15) is 0 Å². The minimum absolute atomic E-state index is 0.744. The molecule has 15 heavy (non-hydrogen) atoms. The minimum atomic E-state index is 0.744. The Morgan fingerprint density at radius 1 is 1.13 bits per heavy atom. The van der Waals surface area contributed by atoms with Crippen LogP contribution in [0.5, 0.6) is 0 Å². The third-order valence-corrected chi connectivity index (χ3v) is 4.66. The van der Waals surface area contributed by atoms with Gasteiger partial charge in [0.05, 0.1) is 0 Å². The molecule has 1 saturated heterocycles. The fraction of sp³-hybridized carbons (Fsp3) is 1.00. The van der Waals surface area contributed by atoms with E-state index in [2.05, 4.69) is 19.2 Å². The molecular formula is C14H27N. The Morgan fingerprint density at radius 3 is 2.53 bits per heavy atom. The highest BCUT2D eigenvalue weighted by Gasteiger charge is 2.40. The Bertz CT molecular complexity index is 183. The van der Waals surface area contributed by atoms with Gasteiger partial charge in [-0.05, 0) is 56.0 Å². The molecule has 88 valence electrons. The second kappa shape index (κ2) is 4.86. The van der Waals surface area contributed by atoms with Gasteiger partial charge in [0.1, 0.15) is 0 Å². The number of piperidine rings is 1. The molecule has 2 rings (SSSR count). The zero-order valence-corrected chi connectivity index (χ0v) is 10.5. The average molecular weight is 209 g/mol. The highest BCUT2D eigenvalue weighted by molar-refractivity contribution is 4.93. The van der Waals surface area contributed by atoms with Gasteiger partial charge < -0.3 is 5.32 Å². The van der Waals surface area contributed by atoms with Crippen LogP contribution in [0, 0.1) is 17.3 Å². The zero-order valence-electron chi connectivity index (χ0n) is 10.5. The van der Waals surface area contributed by atoms with E-state index in [1.807, 2.05) is 0 Å². The predicted molar refractivity (Wildman–Crippen MR) is 65.9 cm³/mol. The topological polar surface area (TPSA) is 12.0 Å². The van der Waals surface area contributed by atoms with Crippen LogP contribution in [0.4, 0.5) is 0 Å². The van der Waals surface area contributed by atoms with Crippen molar-refractivity contribution in [1.29, 1.82) is 0 Å². The third-order valence-electron chi connectivity index (χ3n) is 4.66. The van der Waals surface area contributed by atoms with Crippen LogP contribution in [0.25, 0.3) is 0 Å². The molecule has 1 saturated carbocycles. The van der Waals surface area contributed by atoms with Gasteiger partial charge in [0.15, 0.2) is 0 Å². The molecule has 0 aromatic heterocycles. The lowest BCUT2D eigenvalue weighted by atomic mass is 9.61. The van der Waals surface area contributed by atoms with Gasteiger partial charge >= 0.3 is 0 Å². The lowest BCUT2D eigenvalue weighted by Crippen LogP contribution is -2.46. The smallest absolute Gasteiger partial charge is 0.00151 e. The van der Waals surface area contributed by atoms with Gasteiger partial charge in [-0.25, -0.2) is 0 Å². The fourth-order valence-electron chi connectivity index (χ4n) is 3.85. The molecule has 1 aliphatic heterocycles. The van der Waals surface area contributed by atoms with E-state index in [1.54, 1.807) is 0 Å². The summed E-state index contributed by atoms with van der Waals surface area (Å²) in [5.41, 5.74) is 0.744. The zero-order chi connectivity index (χ0) is 10.7. The molecule has 0 aromatic carbocycles. The van der Waals surface area contributed by atoms with E-state index >= 15 is 0 Å². The van der Waals surface area contributed by atoms with Crippen molar-refractivity contribution in [2.45, 2.75) is 58.8 Å². The van der Waals surface area contributed by atoms with E-state index in [0.717, 1.165) is 17.3 Å². The highest BCUT2D eigenvalue weighted by Crippen LogP contribution is 2.48. The van der Waals surface area contributed by atoms with E-state index < -0.39 is 0 Å². The van der Waals surface area contributed by atoms with Crippen LogP contribution in [-0.2, 0) is 0 Å². The molecule has 1 N–H and O–H groups in total. The Morgan fingerprint density at radius 2 is 1.87 bits per heavy atom. The maximum absolute atomic E-state index is 3.61. The van der Waals surface area contributed by atoms with Gasteiger partial charge in [-0.15, -0.1) is 0 Å². The summed E-state index contributed by atoms with van der Waals surface area (Å²) in [4.78, 5) is 0. The van der Waals surface area contributed by atoms with Crippen molar-refractivity contribution in [2.24, 2.45) is 17.3 Å². The quantitative estimate of drug-likeness (QED) is 0.733. The van der Waals surface area contributed by atoms with E-state index in [1.165, 1.54) is 58.0 Å². The van der Waals surface area contributed by atoms with Crippen LogP contribution in [0.3, 0.4) is 0 Å². The lowest BCUT2D eigenvalue weighted by Gasteiger charge is -2.48. The first-order valence-corrected chi connectivity index (χ1v) is 6.94. The maximum Gasteiger partial charge on any atom is -0.00151 e. The second-order valence-corrected chi connectivity index (χ2v) is 6.20. The van der Waals surface area contributed by atoms with Crippen molar-refractivity contribution < 1.29 is 0 Å². The van der Waals surface area contributed by atoms with Crippen molar-refractivity contribution in [2.75, 3.05) is 13.1 Å². The summed E-state index contributed by atoms with van der Waals surface area (Å²) >= 11 is 0. The third kappa shape index (κ3) is 2.55. The van der Waals surface area contributed by atoms with Crippen molar-refractivity contribution in [3.05, 3.63) is 0 Å². The van der Waals surface area contributed by atoms with E-state index in [-0.39, 0.29) is 0 Å². The first kappa shape index (κ1) is 11.4. The fourth-order valence-corrected chi connectivity index (χ4v) is 3.85. The number of hydrogen-bond donors (Lipinski definition) is 1. The number of nitrogens with one attached hydrogen (secondary N) is 1. The van der Waals surface area contributed by atoms with Crippen molar-refractivity contribution >= 4 is 0 Å². The molecule has 1 unspecified atom stereocenters. The number of rotatable bonds is 2. The summed E-state index contributed by atoms with van der Waals surface area (Å²) in [6.45, 7) is 7.32. The summed E-state index contributed by atoms with van der Waals surface area (Å²) in [6.07, 6.45) is 10.4. The van der Waals surface area contributed by atoms with E-state index in [4.69, 9.17) is 0 Å². The molecule has 0 radical (unpaired) electrons. The highest BCUT2D eigenvalue weighted by atomic mass is 14.9. The monoisotopic (exact) mass is 209 g/mol. The van der Waals surface area contributed by atoms with Crippen LogP contribution < -0.4 is 5.32 Å². The Kier molecular flexibility index (Phi) is 3.71. The molecule has 1 spiro atoms. The van der Waals surface area contributed by atoms with Gasteiger partial charge in [0.2, 0.25) is 0 Å². The Labute approximate surface area is 95.0 Å². The van der Waals surface area contributed by atoms with Crippen molar-refractivity contribution in [3.63, 3.8) is 0 Å². The normalized spacial score (nSPS) is 31.0. The van der Waals surface area contributed by atoms with Crippen molar-refractivity contribution in [1.82, 2.24) is 5.32 Å². The molecule has 0 bridgehead atoms. The summed E-state index contributed by atoms with van der Waals surface area (Å²) < 4.78 is 0. The minimum Gasteiger partial charge on any atom is -0.316 e. The molecule has 2 fully saturated rings. The Balaban J connectivity index is 2.03. The van der Waals surface area contributed by atoms with Gasteiger partial charge in [0, 0.05) is 0 Å². The largest absolute Gasteiger partial charge is 0.316 e. The molecule has 1 atom stereocenters. The second-order valence-electron chi connectivity index (χ2n) is 6.20. The molecule has 0 aromatic rings. The Hall–Kier alpha value is -0.0400. The van der Waals surface area contributed by atoms with Gasteiger partial charge in [0.25, 0.3) is 0 Å². The first-order valence-electron chi connectivity index (χ1n) is 6.94. The molecule has 1 heteroatoms.